The summed E-state index contributed by atoms with van der Waals surface area (Å²) in [4.78, 5) is 12.2. The molecule has 0 amide bonds. The van der Waals surface area contributed by atoms with Crippen LogP contribution in [-0.2, 0) is 23.4 Å². The van der Waals surface area contributed by atoms with Gasteiger partial charge in [0.2, 0.25) is 0 Å². The number of phosphoric ester groups is 1. The number of esters is 1. The zero-order valence-electron chi connectivity index (χ0n) is 22.8. The summed E-state index contributed by atoms with van der Waals surface area (Å²) in [6.07, 6.45) is 8.08. The second-order valence-electron chi connectivity index (χ2n) is 9.58. The predicted molar refractivity (Wildman–Crippen MR) is 149 cm³/mol. The first kappa shape index (κ1) is 30.4. The number of carbonyl (C=O) groups is 1. The lowest BCUT2D eigenvalue weighted by molar-refractivity contribution is -0.144. The number of para-hydroxylation sites is 2. The summed E-state index contributed by atoms with van der Waals surface area (Å²) in [5.41, 5.74) is -0.779. The highest BCUT2D eigenvalue weighted by Gasteiger charge is 2.32. The predicted octanol–water partition coefficient (Wildman–Crippen LogP) is 6.44. The zero-order valence-corrected chi connectivity index (χ0v) is 23.7. The van der Waals surface area contributed by atoms with Gasteiger partial charge in [-0.1, -0.05) is 61.5 Å². The van der Waals surface area contributed by atoms with E-state index in [9.17, 15) is 14.5 Å². The van der Waals surface area contributed by atoms with Crippen molar-refractivity contribution in [3.05, 3.63) is 96.6 Å². The number of hydrogen-bond donors (Lipinski definition) is 1. The van der Waals surface area contributed by atoms with Crippen molar-refractivity contribution in [3.8, 4) is 11.5 Å². The number of allylic oxidation sites excluding steroid dienone is 1. The summed E-state index contributed by atoms with van der Waals surface area (Å²) in [5.74, 6) is 0.218. The Labute approximate surface area is 230 Å². The van der Waals surface area contributed by atoms with Gasteiger partial charge < -0.3 is 23.6 Å². The first-order valence-corrected chi connectivity index (χ1v) is 14.3. The van der Waals surface area contributed by atoms with Crippen molar-refractivity contribution in [3.63, 3.8) is 0 Å². The van der Waals surface area contributed by atoms with E-state index in [0.29, 0.717) is 23.5 Å². The Balaban J connectivity index is 1.89. The number of hydrogen-bond acceptors (Lipinski definition) is 8. The highest BCUT2D eigenvalue weighted by atomic mass is 31.2. The summed E-state index contributed by atoms with van der Waals surface area (Å²) < 4.78 is 42.3. The van der Waals surface area contributed by atoms with Crippen LogP contribution >= 0.6 is 7.82 Å². The van der Waals surface area contributed by atoms with Crippen LogP contribution in [0.4, 0.5) is 0 Å². The van der Waals surface area contributed by atoms with Gasteiger partial charge in [0, 0.05) is 13.2 Å². The summed E-state index contributed by atoms with van der Waals surface area (Å²) in [6, 6.07) is 17.3. The Kier molecular flexibility index (Phi) is 11.1. The van der Waals surface area contributed by atoms with Gasteiger partial charge in [0.1, 0.15) is 17.6 Å². The molecule has 1 aliphatic rings. The van der Waals surface area contributed by atoms with E-state index >= 15 is 0 Å². The fraction of sp³-hybridized carbons (Fsp3) is 0.367. The third kappa shape index (κ3) is 10.2. The van der Waals surface area contributed by atoms with Crippen LogP contribution in [0.5, 0.6) is 11.5 Å². The highest BCUT2D eigenvalue weighted by molar-refractivity contribution is 7.49. The topological polar surface area (TPSA) is 101 Å². The van der Waals surface area contributed by atoms with E-state index in [2.05, 4.69) is 0 Å². The lowest BCUT2D eigenvalue weighted by Crippen LogP contribution is -2.24. The molecule has 2 aromatic rings. The van der Waals surface area contributed by atoms with Gasteiger partial charge in [-0.15, -0.1) is 0 Å². The molecule has 1 N–H and O–H groups in total. The second kappa shape index (κ2) is 14.3. The number of ether oxygens (including phenoxy) is 2. The molecule has 0 aliphatic carbocycles. The highest BCUT2D eigenvalue weighted by Crippen LogP contribution is 2.50. The van der Waals surface area contributed by atoms with Gasteiger partial charge in [-0.25, -0.2) is 9.36 Å². The first-order chi connectivity index (χ1) is 18.6. The van der Waals surface area contributed by atoms with E-state index < -0.39 is 25.5 Å². The first-order valence-electron chi connectivity index (χ1n) is 12.9. The number of methoxy groups -OCH3 is 1. The molecule has 1 heterocycles. The lowest BCUT2D eigenvalue weighted by atomic mass is 9.97. The maximum absolute atomic E-state index is 13.8. The van der Waals surface area contributed by atoms with Crippen molar-refractivity contribution in [1.29, 1.82) is 0 Å². The molecule has 9 heteroatoms. The van der Waals surface area contributed by atoms with Crippen LogP contribution in [0.15, 0.2) is 96.6 Å². The molecule has 0 radical (unpaired) electrons. The summed E-state index contributed by atoms with van der Waals surface area (Å²) >= 11 is 0. The molecule has 1 aliphatic heterocycles. The molecule has 2 aromatic carbocycles. The Bertz CT molecular complexity index is 1140. The molecule has 0 spiro atoms. The fourth-order valence-electron chi connectivity index (χ4n) is 3.74. The van der Waals surface area contributed by atoms with Gasteiger partial charge in [0.15, 0.2) is 0 Å². The molecule has 0 aromatic heterocycles. The maximum atomic E-state index is 13.8. The average Bonchev–Trinajstić information content (AvgIpc) is 2.91. The Morgan fingerprint density at radius 3 is 2.15 bits per heavy atom. The van der Waals surface area contributed by atoms with Gasteiger partial charge >= 0.3 is 13.8 Å². The maximum Gasteiger partial charge on any atom is 0.587 e. The van der Waals surface area contributed by atoms with Gasteiger partial charge in [0.05, 0.1) is 18.3 Å². The molecule has 39 heavy (non-hydrogen) atoms. The van der Waals surface area contributed by atoms with Crippen molar-refractivity contribution in [2.45, 2.75) is 51.4 Å². The van der Waals surface area contributed by atoms with Crippen molar-refractivity contribution in [2.75, 3.05) is 13.7 Å². The smallest absolute Gasteiger partial charge is 0.459 e. The quantitative estimate of drug-likeness (QED) is 0.225. The molecule has 0 saturated heterocycles. The van der Waals surface area contributed by atoms with Crippen LogP contribution in [0.1, 0.15) is 33.6 Å². The van der Waals surface area contributed by atoms with E-state index in [0.717, 1.165) is 6.42 Å². The van der Waals surface area contributed by atoms with Crippen LogP contribution in [0.3, 0.4) is 0 Å². The molecule has 0 unspecified atom stereocenters. The van der Waals surface area contributed by atoms with Crippen molar-refractivity contribution in [2.24, 2.45) is 5.92 Å². The van der Waals surface area contributed by atoms with E-state index in [1.54, 1.807) is 54.6 Å². The molecule has 3 rings (SSSR count). The van der Waals surface area contributed by atoms with E-state index in [-0.39, 0.29) is 18.6 Å². The second-order valence-corrected chi connectivity index (χ2v) is 11.1. The van der Waals surface area contributed by atoms with Crippen molar-refractivity contribution < 1.29 is 37.5 Å². The number of aliphatic hydroxyl groups is 1. The van der Waals surface area contributed by atoms with E-state index in [1.807, 2.05) is 32.1 Å². The van der Waals surface area contributed by atoms with Gasteiger partial charge in [-0.3, -0.25) is 4.52 Å². The molecular formula is C30H37O8P. The lowest BCUT2D eigenvalue weighted by Gasteiger charge is -2.23. The molecule has 4 atom stereocenters. The summed E-state index contributed by atoms with van der Waals surface area (Å²) in [5, 5.41) is 10.7. The Hall–Kier alpha value is -3.16. The third-order valence-corrected chi connectivity index (χ3v) is 7.54. The molecule has 0 bridgehead atoms. The van der Waals surface area contributed by atoms with Crippen LogP contribution in [0, 0.1) is 5.92 Å². The standard InChI is InChI=1S/C30H37O8P/c1-23-12-11-13-25(28(34-4)18-20-30(3,32)21-19-29(31)36-24(23)2)22-35-39(33,37-26-14-7-5-8-15-26)38-27-16-9-6-10-17-27/h5-10,13-21,23-24,28,32H,11-12,22H2,1-4H3/b20-18+,21-19+,25-13+/t23-,24+,28-,30+/m0/s1. The van der Waals surface area contributed by atoms with Crippen LogP contribution < -0.4 is 9.05 Å². The number of phosphoric acid groups is 1. The SMILES string of the molecule is CO[C@H]1/C=C/[C@@](C)(O)/C=C/C(=O)O[C@H](C)[C@@H](C)CC/C=C/1COP(=O)(Oc1ccccc1)Oc1ccccc1. The minimum Gasteiger partial charge on any atom is -0.459 e. The average molecular weight is 557 g/mol. The number of carbonyl (C=O) groups excluding carboxylic acids is 1. The van der Waals surface area contributed by atoms with Crippen LogP contribution in [0.25, 0.3) is 0 Å². The Morgan fingerprint density at radius 1 is 1.00 bits per heavy atom. The van der Waals surface area contributed by atoms with Crippen molar-refractivity contribution in [1.82, 2.24) is 0 Å². The molecule has 0 saturated carbocycles. The van der Waals surface area contributed by atoms with Gasteiger partial charge in [-0.2, -0.15) is 0 Å². The number of benzene rings is 2. The van der Waals surface area contributed by atoms with E-state index in [4.69, 9.17) is 23.0 Å². The van der Waals surface area contributed by atoms with E-state index in [1.165, 1.54) is 32.3 Å². The normalized spacial score (nSPS) is 27.8. The summed E-state index contributed by atoms with van der Waals surface area (Å²) in [7, 11) is -2.61. The Morgan fingerprint density at radius 2 is 1.59 bits per heavy atom. The van der Waals surface area contributed by atoms with Crippen molar-refractivity contribution >= 4 is 13.8 Å². The molecular weight excluding hydrogens is 519 g/mol. The van der Waals surface area contributed by atoms with Crippen LogP contribution in [-0.4, -0.2) is 42.6 Å². The van der Waals surface area contributed by atoms with Crippen LogP contribution in [0.2, 0.25) is 0 Å². The van der Waals surface area contributed by atoms with Gasteiger partial charge in [0.25, 0.3) is 0 Å². The molecule has 0 fully saturated rings. The minimum absolute atomic E-state index is 0.0645. The molecule has 210 valence electrons. The fourth-order valence-corrected chi connectivity index (χ4v) is 4.95. The van der Waals surface area contributed by atoms with Gasteiger partial charge in [-0.05, 0) is 68.5 Å². The minimum atomic E-state index is -4.13. The number of cyclic esters (lactones) is 1. The third-order valence-electron chi connectivity index (χ3n) is 6.23. The zero-order chi connectivity index (χ0) is 28.3. The monoisotopic (exact) mass is 556 g/mol. The number of rotatable bonds is 8. The largest absolute Gasteiger partial charge is 0.587 e. The summed E-state index contributed by atoms with van der Waals surface area (Å²) in [6.45, 7) is 5.24. The molecule has 8 nitrogen and oxygen atoms in total.